The van der Waals surface area contributed by atoms with E-state index in [0.717, 1.165) is 12.8 Å². The molecular formula is C12H17N3O2. The normalized spacial score (nSPS) is 18.5. The van der Waals surface area contributed by atoms with Crippen LogP contribution in [-0.4, -0.2) is 23.0 Å². The molecule has 2 rings (SSSR count). The summed E-state index contributed by atoms with van der Waals surface area (Å²) in [4.78, 5) is 25.6. The van der Waals surface area contributed by atoms with E-state index in [2.05, 4.69) is 10.3 Å². The second-order valence-electron chi connectivity index (χ2n) is 4.78. The van der Waals surface area contributed by atoms with Gasteiger partial charge in [0.1, 0.15) is 5.69 Å². The highest BCUT2D eigenvalue weighted by atomic mass is 16.2. The number of carbonyl (C=O) groups excluding carboxylic acids is 1. The van der Waals surface area contributed by atoms with Crippen LogP contribution in [0.25, 0.3) is 0 Å². The third-order valence-corrected chi connectivity index (χ3v) is 3.31. The predicted octanol–water partition coefficient (Wildman–Crippen LogP) is 0.232. The monoisotopic (exact) mass is 235 g/mol. The van der Waals surface area contributed by atoms with E-state index in [9.17, 15) is 9.59 Å². The molecule has 1 unspecified atom stereocenters. The van der Waals surface area contributed by atoms with Gasteiger partial charge >= 0.3 is 0 Å². The largest absolute Gasteiger partial charge is 0.344 e. The summed E-state index contributed by atoms with van der Waals surface area (Å²) in [6, 6.07) is 4.52. The number of nitrogens with two attached hydrogens (primary N) is 1. The Morgan fingerprint density at radius 2 is 2.29 bits per heavy atom. The topological polar surface area (TPSA) is 88.0 Å². The molecule has 1 aliphatic carbocycles. The average molecular weight is 235 g/mol. The highest BCUT2D eigenvalue weighted by molar-refractivity contribution is 5.92. The number of amides is 1. The molecule has 1 fully saturated rings. The van der Waals surface area contributed by atoms with Gasteiger partial charge in [-0.05, 0) is 31.7 Å². The molecule has 1 amide bonds. The molecule has 0 aliphatic heterocycles. The van der Waals surface area contributed by atoms with Crippen LogP contribution in [0.15, 0.2) is 23.0 Å². The molecule has 1 saturated carbocycles. The quantitative estimate of drug-likeness (QED) is 0.698. The first-order chi connectivity index (χ1) is 8.05. The van der Waals surface area contributed by atoms with Crippen LogP contribution in [0.5, 0.6) is 0 Å². The molecule has 1 aliphatic rings. The highest BCUT2D eigenvalue weighted by Gasteiger charge is 2.41. The zero-order valence-corrected chi connectivity index (χ0v) is 9.82. The van der Waals surface area contributed by atoms with Gasteiger partial charge in [-0.25, -0.2) is 0 Å². The van der Waals surface area contributed by atoms with Gasteiger partial charge < -0.3 is 16.0 Å². The summed E-state index contributed by atoms with van der Waals surface area (Å²) in [5, 5.41) is 2.91. The molecule has 5 heteroatoms. The van der Waals surface area contributed by atoms with Crippen LogP contribution in [-0.2, 0) is 0 Å². The fraction of sp³-hybridized carbons (Fsp3) is 0.500. The molecule has 5 nitrogen and oxygen atoms in total. The molecule has 0 saturated heterocycles. The number of carbonyl (C=O) groups is 1. The van der Waals surface area contributed by atoms with Gasteiger partial charge in [0.25, 0.3) is 5.91 Å². The molecule has 0 aromatic carbocycles. The van der Waals surface area contributed by atoms with E-state index in [1.54, 1.807) is 12.1 Å². The Bertz CT molecular complexity index is 479. The predicted molar refractivity (Wildman–Crippen MR) is 64.7 cm³/mol. The van der Waals surface area contributed by atoms with E-state index in [-0.39, 0.29) is 22.7 Å². The zero-order valence-electron chi connectivity index (χ0n) is 9.82. The van der Waals surface area contributed by atoms with Gasteiger partial charge in [0.15, 0.2) is 0 Å². The maximum Gasteiger partial charge on any atom is 0.268 e. The summed E-state index contributed by atoms with van der Waals surface area (Å²) >= 11 is 0. The van der Waals surface area contributed by atoms with E-state index in [4.69, 9.17) is 5.73 Å². The number of pyridine rings is 1. The number of rotatable bonds is 4. The third-order valence-electron chi connectivity index (χ3n) is 3.31. The van der Waals surface area contributed by atoms with Crippen LogP contribution in [0.4, 0.5) is 0 Å². The lowest BCUT2D eigenvalue weighted by Crippen LogP contribution is -2.53. The summed E-state index contributed by atoms with van der Waals surface area (Å²) < 4.78 is 0. The summed E-state index contributed by atoms with van der Waals surface area (Å²) in [7, 11) is 0. The van der Waals surface area contributed by atoms with Crippen LogP contribution >= 0.6 is 0 Å². The lowest BCUT2D eigenvalue weighted by atomic mass is 9.96. The van der Waals surface area contributed by atoms with Crippen molar-refractivity contribution in [2.24, 2.45) is 11.7 Å². The first kappa shape index (κ1) is 11.9. The molecule has 17 heavy (non-hydrogen) atoms. The van der Waals surface area contributed by atoms with Crippen LogP contribution < -0.4 is 16.6 Å². The number of aromatic nitrogens is 1. The van der Waals surface area contributed by atoms with Crippen molar-refractivity contribution in [3.05, 3.63) is 34.2 Å². The Morgan fingerprint density at radius 1 is 1.59 bits per heavy atom. The van der Waals surface area contributed by atoms with E-state index in [1.165, 1.54) is 6.07 Å². The molecule has 92 valence electrons. The van der Waals surface area contributed by atoms with Crippen molar-refractivity contribution in [1.82, 2.24) is 10.3 Å². The minimum atomic E-state index is -0.371. The fourth-order valence-electron chi connectivity index (χ4n) is 1.95. The molecule has 1 atom stereocenters. The van der Waals surface area contributed by atoms with Crippen molar-refractivity contribution in [3.8, 4) is 0 Å². The van der Waals surface area contributed by atoms with Crippen molar-refractivity contribution in [1.29, 1.82) is 0 Å². The van der Waals surface area contributed by atoms with Gasteiger partial charge in [-0.3, -0.25) is 9.59 Å². The van der Waals surface area contributed by atoms with Crippen molar-refractivity contribution in [3.63, 3.8) is 0 Å². The van der Waals surface area contributed by atoms with Gasteiger partial charge in [0.2, 0.25) is 5.56 Å². The highest BCUT2D eigenvalue weighted by Crippen LogP contribution is 2.39. The number of hydrogen-bond donors (Lipinski definition) is 3. The molecule has 0 bridgehead atoms. The van der Waals surface area contributed by atoms with Gasteiger partial charge in [0.05, 0.1) is 5.54 Å². The van der Waals surface area contributed by atoms with Crippen LogP contribution in [0.3, 0.4) is 0 Å². The Morgan fingerprint density at radius 3 is 2.82 bits per heavy atom. The third kappa shape index (κ3) is 2.55. The van der Waals surface area contributed by atoms with Gasteiger partial charge in [-0.1, -0.05) is 6.07 Å². The zero-order chi connectivity index (χ0) is 12.5. The lowest BCUT2D eigenvalue weighted by molar-refractivity contribution is 0.0892. The minimum Gasteiger partial charge on any atom is -0.344 e. The Labute approximate surface area is 99.4 Å². The molecule has 1 aromatic heterocycles. The van der Waals surface area contributed by atoms with E-state index < -0.39 is 0 Å². The molecule has 1 aromatic rings. The van der Waals surface area contributed by atoms with E-state index >= 15 is 0 Å². The molecule has 1 heterocycles. The van der Waals surface area contributed by atoms with Crippen LogP contribution in [0.1, 0.15) is 30.3 Å². The van der Waals surface area contributed by atoms with Crippen molar-refractivity contribution >= 4 is 5.91 Å². The maximum absolute atomic E-state index is 12.0. The smallest absolute Gasteiger partial charge is 0.268 e. The van der Waals surface area contributed by atoms with Gasteiger partial charge in [0, 0.05) is 12.6 Å². The van der Waals surface area contributed by atoms with Crippen LogP contribution in [0.2, 0.25) is 0 Å². The second-order valence-corrected chi connectivity index (χ2v) is 4.78. The Hall–Kier alpha value is -1.62. The molecule has 4 N–H and O–H groups in total. The van der Waals surface area contributed by atoms with Gasteiger partial charge in [-0.2, -0.15) is 0 Å². The van der Waals surface area contributed by atoms with Crippen molar-refractivity contribution in [2.45, 2.75) is 25.3 Å². The first-order valence-electron chi connectivity index (χ1n) is 5.77. The number of aromatic amines is 1. The van der Waals surface area contributed by atoms with Crippen LogP contribution in [0, 0.1) is 5.92 Å². The van der Waals surface area contributed by atoms with E-state index in [1.807, 2.05) is 6.92 Å². The number of H-pyrrole nitrogens is 1. The Kier molecular flexibility index (Phi) is 3.02. The fourth-order valence-corrected chi connectivity index (χ4v) is 1.95. The number of hydrogen-bond acceptors (Lipinski definition) is 3. The maximum atomic E-state index is 12.0. The molecular weight excluding hydrogens is 218 g/mol. The Balaban J connectivity index is 2.13. The number of nitrogens with one attached hydrogen (secondary N) is 2. The van der Waals surface area contributed by atoms with Crippen molar-refractivity contribution < 1.29 is 4.79 Å². The summed E-state index contributed by atoms with van der Waals surface area (Å²) in [6.07, 6.45) is 2.19. The first-order valence-corrected chi connectivity index (χ1v) is 5.77. The summed E-state index contributed by atoms with van der Waals surface area (Å²) in [5.41, 5.74) is 5.34. The van der Waals surface area contributed by atoms with Gasteiger partial charge in [-0.15, -0.1) is 0 Å². The SMILES string of the molecule is CC(CN)(NC(=O)c1cccc(=O)[nH]1)C1CC1. The molecule has 0 spiro atoms. The van der Waals surface area contributed by atoms with E-state index in [0.29, 0.717) is 12.5 Å². The lowest BCUT2D eigenvalue weighted by Gasteiger charge is -2.29. The summed E-state index contributed by atoms with van der Waals surface area (Å²) in [5.74, 6) is 0.175. The standard InChI is InChI=1S/C12H17N3O2/c1-12(7-13,8-5-6-8)15-11(17)9-3-2-4-10(16)14-9/h2-4,8H,5-7,13H2,1H3,(H,14,16)(H,15,17). The molecule has 0 radical (unpaired) electrons. The van der Waals surface area contributed by atoms with Crippen molar-refractivity contribution in [2.75, 3.05) is 6.54 Å². The average Bonchev–Trinajstić information content (AvgIpc) is 3.13. The summed E-state index contributed by atoms with van der Waals surface area (Å²) in [6.45, 7) is 2.35. The second kappa shape index (κ2) is 4.33. The minimum absolute atomic E-state index is 0.275.